The highest BCUT2D eigenvalue weighted by atomic mass is 32.1. The van der Waals surface area contributed by atoms with Crippen LogP contribution in [0.2, 0.25) is 0 Å². The number of anilines is 2. The number of carbonyl (C=O) groups is 1. The smallest absolute Gasteiger partial charge is 0.268 e. The third-order valence-corrected chi connectivity index (χ3v) is 4.11. The molecule has 1 aromatic rings. The molecule has 1 aromatic heterocycles. The van der Waals surface area contributed by atoms with Gasteiger partial charge in [0.2, 0.25) is 0 Å². The van der Waals surface area contributed by atoms with Crippen LogP contribution in [0.15, 0.2) is 11.6 Å². The topological polar surface area (TPSA) is 71.2 Å². The van der Waals surface area contributed by atoms with Crippen molar-refractivity contribution >= 4 is 28.2 Å². The van der Waals surface area contributed by atoms with Crippen molar-refractivity contribution in [1.82, 2.24) is 9.88 Å². The molecule has 1 aliphatic rings. The maximum absolute atomic E-state index is 12.4. The number of thiazole rings is 1. The minimum atomic E-state index is -0.0108. The molecule has 2 heterocycles. The summed E-state index contributed by atoms with van der Waals surface area (Å²) in [6.45, 7) is 6.44. The van der Waals surface area contributed by atoms with Gasteiger partial charge in [-0.2, -0.15) is 0 Å². The highest BCUT2D eigenvalue weighted by Crippen LogP contribution is 2.27. The quantitative estimate of drug-likeness (QED) is 0.830. The van der Waals surface area contributed by atoms with Crippen LogP contribution in [0.3, 0.4) is 0 Å². The Labute approximate surface area is 117 Å². The van der Waals surface area contributed by atoms with Gasteiger partial charge in [0, 0.05) is 19.6 Å². The molecule has 6 heteroatoms. The highest BCUT2D eigenvalue weighted by Gasteiger charge is 2.22. The number of nitrogens with zero attached hydrogens (tertiary/aromatic N) is 2. The molecule has 104 valence electrons. The second-order valence-corrected chi connectivity index (χ2v) is 5.71. The van der Waals surface area contributed by atoms with Crippen LogP contribution in [0.5, 0.6) is 0 Å². The maximum atomic E-state index is 12.4. The number of hydrogen-bond donors (Lipinski definition) is 2. The lowest BCUT2D eigenvalue weighted by Gasteiger charge is -2.24. The molecule has 0 aliphatic carbocycles. The van der Waals surface area contributed by atoms with Crippen molar-refractivity contribution in [2.24, 2.45) is 0 Å². The minimum absolute atomic E-state index is 0.0108. The number of nitrogens with one attached hydrogen (secondary N) is 1. The number of nitrogen functional groups attached to an aromatic ring is 1. The summed E-state index contributed by atoms with van der Waals surface area (Å²) in [4.78, 5) is 18.9. The molecule has 3 N–H and O–H groups in total. The largest absolute Gasteiger partial charge is 0.382 e. The van der Waals surface area contributed by atoms with E-state index >= 15 is 0 Å². The fourth-order valence-corrected chi connectivity index (χ4v) is 2.77. The molecule has 0 aromatic carbocycles. The average molecular weight is 280 g/mol. The first kappa shape index (κ1) is 13.9. The Hall–Kier alpha value is -1.56. The third kappa shape index (κ3) is 3.26. The molecule has 0 saturated heterocycles. The lowest BCUT2D eigenvalue weighted by atomic mass is 10.1. The molecule has 19 heavy (non-hydrogen) atoms. The number of nitrogens with two attached hydrogens (primary N) is 1. The second kappa shape index (κ2) is 6.06. The lowest BCUT2D eigenvalue weighted by Crippen LogP contribution is -2.34. The molecule has 0 radical (unpaired) electrons. The van der Waals surface area contributed by atoms with Crippen LogP contribution in [-0.4, -0.2) is 35.4 Å². The zero-order chi connectivity index (χ0) is 13.8. The Morgan fingerprint density at radius 1 is 1.63 bits per heavy atom. The van der Waals surface area contributed by atoms with Crippen molar-refractivity contribution in [1.29, 1.82) is 0 Å². The Morgan fingerprint density at radius 3 is 3.05 bits per heavy atom. The lowest BCUT2D eigenvalue weighted by molar-refractivity contribution is 0.0774. The number of amides is 1. The van der Waals surface area contributed by atoms with Gasteiger partial charge in [-0.05, 0) is 19.8 Å². The van der Waals surface area contributed by atoms with Crippen LogP contribution in [0.1, 0.15) is 36.4 Å². The highest BCUT2D eigenvalue weighted by molar-refractivity contribution is 7.18. The fraction of sp³-hybridized carbons (Fsp3) is 0.538. The summed E-state index contributed by atoms with van der Waals surface area (Å²) in [5.41, 5.74) is 7.18. The molecule has 5 nitrogen and oxygen atoms in total. The van der Waals surface area contributed by atoms with Gasteiger partial charge in [0.15, 0.2) is 5.13 Å². The zero-order valence-electron chi connectivity index (χ0n) is 11.4. The number of hydrogen-bond acceptors (Lipinski definition) is 5. The van der Waals surface area contributed by atoms with Gasteiger partial charge in [0.25, 0.3) is 5.91 Å². The molecule has 0 bridgehead atoms. The third-order valence-electron chi connectivity index (χ3n) is 3.10. The summed E-state index contributed by atoms with van der Waals surface area (Å²) in [5.74, 6) is 0.322. The Morgan fingerprint density at radius 2 is 2.42 bits per heavy atom. The van der Waals surface area contributed by atoms with Gasteiger partial charge < -0.3 is 16.0 Å². The Balaban J connectivity index is 2.08. The fourth-order valence-electron chi connectivity index (χ4n) is 1.89. The average Bonchev–Trinajstić information content (AvgIpc) is 2.77. The van der Waals surface area contributed by atoms with E-state index < -0.39 is 0 Å². The Kier molecular flexibility index (Phi) is 4.42. The van der Waals surface area contributed by atoms with Crippen LogP contribution >= 0.6 is 11.3 Å². The van der Waals surface area contributed by atoms with Crippen molar-refractivity contribution in [3.63, 3.8) is 0 Å². The summed E-state index contributed by atoms with van der Waals surface area (Å²) in [6, 6.07) is 0. The van der Waals surface area contributed by atoms with Crippen LogP contribution in [0.4, 0.5) is 10.9 Å². The molecule has 0 atom stereocenters. The number of carbonyl (C=O) groups excluding carboxylic acids is 1. The van der Waals surface area contributed by atoms with Gasteiger partial charge in [0.05, 0.1) is 0 Å². The SMILES string of the molecule is CCCNc1nc(N)c(C(=O)N2CC=C(C)CC2)s1. The van der Waals surface area contributed by atoms with E-state index in [1.165, 1.54) is 16.9 Å². The van der Waals surface area contributed by atoms with E-state index in [0.717, 1.165) is 31.1 Å². The molecular weight excluding hydrogens is 260 g/mol. The van der Waals surface area contributed by atoms with Crippen LogP contribution in [0.25, 0.3) is 0 Å². The molecule has 2 rings (SSSR count). The van der Waals surface area contributed by atoms with E-state index in [1.807, 2.05) is 4.90 Å². The molecular formula is C13H20N4OS. The predicted molar refractivity (Wildman–Crippen MR) is 79.6 cm³/mol. The molecule has 0 unspecified atom stereocenters. The van der Waals surface area contributed by atoms with E-state index in [9.17, 15) is 4.79 Å². The molecule has 1 aliphatic heterocycles. The van der Waals surface area contributed by atoms with Crippen molar-refractivity contribution in [2.45, 2.75) is 26.7 Å². The summed E-state index contributed by atoms with van der Waals surface area (Å²) < 4.78 is 0. The monoisotopic (exact) mass is 280 g/mol. The first-order valence-electron chi connectivity index (χ1n) is 6.57. The van der Waals surface area contributed by atoms with Gasteiger partial charge in [0.1, 0.15) is 10.7 Å². The summed E-state index contributed by atoms with van der Waals surface area (Å²) in [5, 5.41) is 3.89. The van der Waals surface area contributed by atoms with Gasteiger partial charge in [-0.1, -0.05) is 29.9 Å². The van der Waals surface area contributed by atoms with Crippen molar-refractivity contribution in [3.8, 4) is 0 Å². The summed E-state index contributed by atoms with van der Waals surface area (Å²) in [7, 11) is 0. The molecule has 0 fully saturated rings. The van der Waals surface area contributed by atoms with Gasteiger partial charge >= 0.3 is 0 Å². The first-order chi connectivity index (χ1) is 9.11. The van der Waals surface area contributed by atoms with E-state index in [4.69, 9.17) is 5.73 Å². The van der Waals surface area contributed by atoms with Crippen molar-refractivity contribution in [3.05, 3.63) is 16.5 Å². The van der Waals surface area contributed by atoms with E-state index in [0.29, 0.717) is 17.2 Å². The van der Waals surface area contributed by atoms with Crippen molar-refractivity contribution in [2.75, 3.05) is 30.7 Å². The van der Waals surface area contributed by atoms with Crippen LogP contribution in [0, 0.1) is 0 Å². The van der Waals surface area contributed by atoms with Crippen LogP contribution < -0.4 is 11.1 Å². The number of aromatic nitrogens is 1. The summed E-state index contributed by atoms with van der Waals surface area (Å²) in [6.07, 6.45) is 4.04. The zero-order valence-corrected chi connectivity index (χ0v) is 12.2. The predicted octanol–water partition coefficient (Wildman–Crippen LogP) is 2.34. The molecule has 1 amide bonds. The molecule has 0 saturated carbocycles. The van der Waals surface area contributed by atoms with Crippen LogP contribution in [-0.2, 0) is 0 Å². The maximum Gasteiger partial charge on any atom is 0.268 e. The minimum Gasteiger partial charge on any atom is -0.382 e. The van der Waals surface area contributed by atoms with Gasteiger partial charge in [-0.15, -0.1) is 0 Å². The standard InChI is InChI=1S/C13H20N4OS/c1-3-6-15-13-16-11(14)10(19-13)12(18)17-7-4-9(2)5-8-17/h4H,3,5-8,14H2,1-2H3,(H,15,16). The Bertz CT molecular complexity index is 495. The van der Waals surface area contributed by atoms with Gasteiger partial charge in [-0.3, -0.25) is 4.79 Å². The summed E-state index contributed by atoms with van der Waals surface area (Å²) >= 11 is 1.34. The van der Waals surface area contributed by atoms with E-state index in [-0.39, 0.29) is 5.91 Å². The number of rotatable bonds is 4. The second-order valence-electron chi connectivity index (χ2n) is 4.71. The first-order valence-corrected chi connectivity index (χ1v) is 7.38. The van der Waals surface area contributed by atoms with Crippen molar-refractivity contribution < 1.29 is 4.79 Å². The van der Waals surface area contributed by atoms with Gasteiger partial charge in [-0.25, -0.2) is 4.98 Å². The van der Waals surface area contributed by atoms with E-state index in [1.54, 1.807) is 0 Å². The van der Waals surface area contributed by atoms with E-state index in [2.05, 4.69) is 30.2 Å². The normalized spacial score (nSPS) is 15.3. The molecule has 0 spiro atoms.